The Morgan fingerprint density at radius 3 is 2.15 bits per heavy atom. The molecule has 15 heteroatoms. The van der Waals surface area contributed by atoms with Crippen molar-refractivity contribution < 1.29 is 59.3 Å². The number of hydrogen-bond acceptors (Lipinski definition) is 4. The maximum absolute atomic E-state index is 14.8. The number of alkyl halides is 9. The van der Waals surface area contributed by atoms with E-state index in [9.17, 15) is 59.3 Å². The summed E-state index contributed by atoms with van der Waals surface area (Å²) in [6, 6.07) is 11.8. The van der Waals surface area contributed by atoms with E-state index in [0.29, 0.717) is 42.1 Å². The van der Waals surface area contributed by atoms with E-state index >= 15 is 0 Å². The molecule has 2 aromatic rings. The molecule has 0 unspecified atom stereocenters. The zero-order valence-electron chi connectivity index (χ0n) is 35.1. The lowest BCUT2D eigenvalue weighted by atomic mass is 9.51. The van der Waals surface area contributed by atoms with Crippen LogP contribution in [0, 0.1) is 29.1 Å². The number of amides is 3. The van der Waals surface area contributed by atoms with Gasteiger partial charge in [0.1, 0.15) is 5.75 Å². The molecule has 2 saturated carbocycles. The molecule has 0 radical (unpaired) electrons. The molecule has 0 bridgehead atoms. The van der Waals surface area contributed by atoms with E-state index in [4.69, 9.17) is 0 Å². The molecule has 3 aliphatic carbocycles. The number of rotatable bonds is 17. The van der Waals surface area contributed by atoms with Gasteiger partial charge < -0.3 is 15.1 Å². The van der Waals surface area contributed by atoms with Crippen LogP contribution in [0.5, 0.6) is 5.75 Å². The first-order valence-corrected chi connectivity index (χ1v) is 21.9. The number of carbonyl (C=O) groups is 2. The van der Waals surface area contributed by atoms with Gasteiger partial charge in [-0.3, -0.25) is 9.69 Å². The number of urea groups is 1. The topological polar surface area (TPSA) is 81.1 Å². The molecule has 3 amide bonds. The van der Waals surface area contributed by atoms with E-state index in [1.807, 2.05) is 6.07 Å². The number of aromatic hydroxyl groups is 1. The number of fused-ring (bicyclic) bond motifs is 5. The predicted octanol–water partition coefficient (Wildman–Crippen LogP) is 12.2. The van der Waals surface area contributed by atoms with Crippen LogP contribution < -0.4 is 0 Å². The van der Waals surface area contributed by atoms with Crippen LogP contribution in [0.15, 0.2) is 48.5 Å². The molecule has 2 aromatic carbocycles. The van der Waals surface area contributed by atoms with Crippen LogP contribution in [0.1, 0.15) is 139 Å². The average Bonchev–Trinajstić information content (AvgIpc) is 3.63. The van der Waals surface area contributed by atoms with Crippen molar-refractivity contribution >= 4 is 11.9 Å². The smallest absolute Gasteiger partial charge is 0.460 e. The summed E-state index contributed by atoms with van der Waals surface area (Å²) in [5, 5.41) is 21.3. The van der Waals surface area contributed by atoms with E-state index in [1.165, 1.54) is 23.1 Å². The van der Waals surface area contributed by atoms with Gasteiger partial charge in [0.2, 0.25) is 5.91 Å². The molecular formula is C46H59F9N2O4. The van der Waals surface area contributed by atoms with Gasteiger partial charge in [-0.25, -0.2) is 4.79 Å². The first kappa shape index (κ1) is 47.0. The van der Waals surface area contributed by atoms with Crippen LogP contribution in [0.4, 0.5) is 44.3 Å². The fraction of sp³-hybridized carbons (Fsp3) is 0.696. The van der Waals surface area contributed by atoms with Crippen molar-refractivity contribution in [3.8, 4) is 5.75 Å². The van der Waals surface area contributed by atoms with E-state index in [1.54, 1.807) is 43.3 Å². The largest absolute Gasteiger partial charge is 0.508 e. The number of likely N-dealkylation sites (N-methyl/N-ethyl adjacent to an activating group) is 1. The molecular weight excluding hydrogens is 815 g/mol. The van der Waals surface area contributed by atoms with Gasteiger partial charge in [-0.05, 0) is 116 Å². The molecule has 0 spiro atoms. The first-order chi connectivity index (χ1) is 28.5. The molecule has 340 valence electrons. The molecule has 1 aliphatic heterocycles. The van der Waals surface area contributed by atoms with E-state index in [0.717, 1.165) is 69.1 Å². The number of imide groups is 1. The summed E-state index contributed by atoms with van der Waals surface area (Å²) in [7, 11) is 1.43. The quantitative estimate of drug-likeness (QED) is 0.123. The molecule has 4 aliphatic rings. The molecule has 61 heavy (non-hydrogen) atoms. The Balaban J connectivity index is 1.06. The third kappa shape index (κ3) is 8.88. The number of aryl methyl sites for hydroxylation is 1. The van der Waals surface area contributed by atoms with Crippen molar-refractivity contribution in [2.24, 2.45) is 29.1 Å². The van der Waals surface area contributed by atoms with Gasteiger partial charge >= 0.3 is 30.0 Å². The number of unbranched alkanes of at least 4 members (excludes halogenated alkanes) is 6. The van der Waals surface area contributed by atoms with E-state index in [-0.39, 0.29) is 30.1 Å². The molecule has 1 saturated heterocycles. The number of benzene rings is 2. The number of nitrogens with zero attached hydrogens (tertiary/aromatic N) is 2. The van der Waals surface area contributed by atoms with Crippen molar-refractivity contribution in [1.82, 2.24) is 9.80 Å². The number of aliphatic hydroxyl groups excluding tert-OH is 1. The van der Waals surface area contributed by atoms with Crippen molar-refractivity contribution in [2.45, 2.75) is 165 Å². The van der Waals surface area contributed by atoms with Crippen LogP contribution in [0.2, 0.25) is 0 Å². The van der Waals surface area contributed by atoms with Crippen molar-refractivity contribution in [3.63, 3.8) is 0 Å². The lowest BCUT2D eigenvalue weighted by molar-refractivity contribution is -0.396. The molecule has 6 rings (SSSR count). The maximum Gasteiger partial charge on any atom is 0.460 e. The lowest BCUT2D eigenvalue weighted by Gasteiger charge is -2.54. The summed E-state index contributed by atoms with van der Waals surface area (Å²) < 4.78 is 124. The van der Waals surface area contributed by atoms with Crippen LogP contribution in [-0.4, -0.2) is 75.1 Å². The normalized spacial score (nSPS) is 28.7. The molecule has 3 fully saturated rings. The highest BCUT2D eigenvalue weighted by atomic mass is 19.4. The second-order valence-electron chi connectivity index (χ2n) is 18.6. The minimum Gasteiger partial charge on any atom is -0.508 e. The summed E-state index contributed by atoms with van der Waals surface area (Å²) in [6.45, 7) is 3.91. The summed E-state index contributed by atoms with van der Waals surface area (Å²) in [6.07, 6.45) is 0.0267. The zero-order valence-corrected chi connectivity index (χ0v) is 35.1. The highest BCUT2D eigenvalue weighted by molar-refractivity contribution is 5.98. The standard InChI is InChI=1S/C46H59F9N2O4/c1-28-39(29-14-12-9-13-15-29)57(41(61)56(28)3)40(60)30(24-25-43(47,48)44(49,50)45(51,52)46(53,54)55)16-10-7-5-4-6-8-11-17-32-27-42(2)36(22-23-37(42)59)35-20-18-31-26-33(58)19-21-34(31)38(32)35/h9,12-15,19,21,26,28,30,32,35-39,58-59H,4-8,10-11,16-18,20,22-25,27H2,1-3H3/t28-,30+,32-,35-,36-,37-,38+,39-,42-/m0/s1. The Hall–Kier alpha value is -3.49. The lowest BCUT2D eigenvalue weighted by Crippen LogP contribution is -2.60. The Morgan fingerprint density at radius 1 is 0.852 bits per heavy atom. The SMILES string of the molecule is C[C@H]1[C@@H](c2ccccc2)N(C(=O)[C@H](CCCCCCCCC[C@H]2C[C@]3(C)[C@@H](O)CC[C@H]3[C@@H]3CCc4cc(O)ccc4[C@@H]23)CCC(F)(F)C(F)(F)C(F)(F)C(F)(F)F)C(=O)N1C. The van der Waals surface area contributed by atoms with Crippen LogP contribution in [0.25, 0.3) is 0 Å². The highest BCUT2D eigenvalue weighted by Gasteiger charge is 2.81. The molecule has 0 aromatic heterocycles. The van der Waals surface area contributed by atoms with E-state index < -0.39 is 66.7 Å². The highest BCUT2D eigenvalue weighted by Crippen LogP contribution is 2.64. The molecule has 6 nitrogen and oxygen atoms in total. The monoisotopic (exact) mass is 874 g/mol. The van der Waals surface area contributed by atoms with Crippen molar-refractivity contribution in [1.29, 1.82) is 0 Å². The number of phenolic OH excluding ortho intramolecular Hbond substituents is 1. The summed E-state index contributed by atoms with van der Waals surface area (Å²) in [5.41, 5.74) is 2.94. The number of phenols is 1. The number of carbonyl (C=O) groups excluding carboxylic acids is 2. The average molecular weight is 875 g/mol. The van der Waals surface area contributed by atoms with Gasteiger partial charge in [0.15, 0.2) is 0 Å². The fourth-order valence-electron chi connectivity index (χ4n) is 11.5. The Labute approximate surface area is 352 Å². The van der Waals surface area contributed by atoms with Gasteiger partial charge in [-0.1, -0.05) is 88.3 Å². The van der Waals surface area contributed by atoms with Crippen molar-refractivity contribution in [3.05, 3.63) is 65.2 Å². The van der Waals surface area contributed by atoms with Gasteiger partial charge in [-0.15, -0.1) is 0 Å². The molecule has 1 heterocycles. The van der Waals surface area contributed by atoms with Gasteiger partial charge in [0.05, 0.1) is 18.2 Å². The van der Waals surface area contributed by atoms with Gasteiger partial charge in [0, 0.05) is 19.4 Å². The van der Waals surface area contributed by atoms with Crippen LogP contribution in [0.3, 0.4) is 0 Å². The third-order valence-electron chi connectivity index (χ3n) is 15.0. The number of hydrogen-bond donors (Lipinski definition) is 2. The third-order valence-corrected chi connectivity index (χ3v) is 15.0. The summed E-state index contributed by atoms with van der Waals surface area (Å²) >= 11 is 0. The molecule has 9 atom stereocenters. The number of aliphatic hydroxyl groups is 1. The predicted molar refractivity (Wildman–Crippen MR) is 211 cm³/mol. The second-order valence-corrected chi connectivity index (χ2v) is 18.6. The van der Waals surface area contributed by atoms with Crippen LogP contribution >= 0.6 is 0 Å². The Kier molecular flexibility index (Phi) is 13.8. The van der Waals surface area contributed by atoms with E-state index in [2.05, 4.69) is 13.0 Å². The molecule has 2 N–H and O–H groups in total. The van der Waals surface area contributed by atoms with Gasteiger partial charge in [0.25, 0.3) is 0 Å². The van der Waals surface area contributed by atoms with Crippen LogP contribution in [-0.2, 0) is 11.2 Å². The zero-order chi connectivity index (χ0) is 44.7. The Bertz CT molecular complexity index is 1840. The second kappa shape index (κ2) is 17.9. The maximum atomic E-state index is 14.8. The summed E-state index contributed by atoms with van der Waals surface area (Å²) in [5.74, 6) is -20.2. The number of halogens is 9. The van der Waals surface area contributed by atoms with Gasteiger partial charge in [-0.2, -0.15) is 39.5 Å². The summed E-state index contributed by atoms with van der Waals surface area (Å²) in [4.78, 5) is 29.6. The van der Waals surface area contributed by atoms with Crippen molar-refractivity contribution in [2.75, 3.05) is 7.05 Å². The fourth-order valence-corrected chi connectivity index (χ4v) is 11.5. The first-order valence-electron chi connectivity index (χ1n) is 21.9. The Morgan fingerprint density at radius 2 is 1.49 bits per heavy atom. The minimum atomic E-state index is -7.03. The minimum absolute atomic E-state index is 0.122.